The van der Waals surface area contributed by atoms with E-state index in [1.807, 2.05) is 0 Å². The van der Waals surface area contributed by atoms with Crippen LogP contribution in [0.5, 0.6) is 0 Å². The molecule has 0 heterocycles. The van der Waals surface area contributed by atoms with Gasteiger partial charge in [-0.15, -0.1) is 0 Å². The second-order valence-electron chi connectivity index (χ2n) is 5.74. The van der Waals surface area contributed by atoms with Crippen molar-refractivity contribution < 1.29 is 45.7 Å². The van der Waals surface area contributed by atoms with E-state index in [1.54, 1.807) is 50.3 Å². The van der Waals surface area contributed by atoms with Crippen LogP contribution in [0.15, 0.2) is 72.2 Å². The molecule has 2 aliphatic carbocycles. The number of esters is 2. The predicted molar refractivity (Wildman–Crippen MR) is 112 cm³/mol. The Bertz CT molecular complexity index is 754. The Balaban J connectivity index is 0.000000562. The smallest absolute Gasteiger partial charge is 0.325 e. The van der Waals surface area contributed by atoms with Crippen molar-refractivity contribution in [1.82, 2.24) is 10.6 Å². The SMILES string of the molecule is CCOC(=O)CNC=C1C=CC=CC1=O.CCOC(=O)CNC=C1C=CC=CC1=O.[Cu]. The summed E-state index contributed by atoms with van der Waals surface area (Å²) < 4.78 is 9.42. The molecule has 0 amide bonds. The van der Waals surface area contributed by atoms with Gasteiger partial charge in [0.25, 0.3) is 0 Å². The Morgan fingerprint density at radius 3 is 1.42 bits per heavy atom. The number of carbonyl (C=O) groups is 4. The Hall–Kier alpha value is -3.16. The third-order valence-electron chi connectivity index (χ3n) is 3.46. The zero-order valence-electron chi connectivity index (χ0n) is 17.4. The normalized spacial score (nSPS) is 16.3. The van der Waals surface area contributed by atoms with Crippen LogP contribution < -0.4 is 10.6 Å². The summed E-state index contributed by atoms with van der Waals surface area (Å²) >= 11 is 0. The van der Waals surface area contributed by atoms with E-state index in [4.69, 9.17) is 9.47 Å². The van der Waals surface area contributed by atoms with Gasteiger partial charge in [0.2, 0.25) is 0 Å². The summed E-state index contributed by atoms with van der Waals surface area (Å²) in [7, 11) is 0. The van der Waals surface area contributed by atoms with Gasteiger partial charge >= 0.3 is 11.9 Å². The summed E-state index contributed by atoms with van der Waals surface area (Å²) in [4.78, 5) is 44.3. The van der Waals surface area contributed by atoms with Gasteiger partial charge in [0, 0.05) is 40.6 Å². The van der Waals surface area contributed by atoms with E-state index in [9.17, 15) is 19.2 Å². The van der Waals surface area contributed by atoms with E-state index < -0.39 is 0 Å². The van der Waals surface area contributed by atoms with E-state index in [-0.39, 0.29) is 53.7 Å². The summed E-state index contributed by atoms with van der Waals surface area (Å²) in [6.07, 6.45) is 16.2. The number of carbonyl (C=O) groups excluding carboxylic acids is 4. The first-order valence-electron chi connectivity index (χ1n) is 9.44. The molecule has 0 unspecified atom stereocenters. The minimum atomic E-state index is -0.336. The third-order valence-corrected chi connectivity index (χ3v) is 3.46. The number of nitrogens with one attached hydrogen (secondary N) is 2. The molecule has 9 heteroatoms. The fraction of sp³-hybridized carbons (Fsp3) is 0.273. The second-order valence-corrected chi connectivity index (χ2v) is 5.74. The van der Waals surface area contributed by atoms with E-state index >= 15 is 0 Å². The molecular formula is C22H26CuN2O6. The van der Waals surface area contributed by atoms with Crippen LogP contribution in [0.3, 0.4) is 0 Å². The van der Waals surface area contributed by atoms with Crippen LogP contribution in [0.1, 0.15) is 13.8 Å². The van der Waals surface area contributed by atoms with Gasteiger partial charge < -0.3 is 20.1 Å². The molecular weight excluding hydrogens is 452 g/mol. The number of hydrogen-bond donors (Lipinski definition) is 2. The van der Waals surface area contributed by atoms with Crippen molar-refractivity contribution in [2.45, 2.75) is 13.8 Å². The maximum atomic E-state index is 11.2. The number of ketones is 2. The molecule has 0 atom stereocenters. The van der Waals surface area contributed by atoms with Crippen molar-refractivity contribution in [3.63, 3.8) is 0 Å². The second kappa shape index (κ2) is 16.6. The summed E-state index contributed by atoms with van der Waals surface area (Å²) in [6, 6.07) is 0. The first-order valence-corrected chi connectivity index (χ1v) is 9.44. The van der Waals surface area contributed by atoms with Gasteiger partial charge in [0.15, 0.2) is 11.6 Å². The quantitative estimate of drug-likeness (QED) is 0.307. The van der Waals surface area contributed by atoms with Gasteiger partial charge in [0.1, 0.15) is 13.1 Å². The molecule has 2 N–H and O–H groups in total. The van der Waals surface area contributed by atoms with E-state index in [1.165, 1.54) is 24.6 Å². The molecule has 0 fully saturated rings. The van der Waals surface area contributed by atoms with Crippen LogP contribution in [-0.4, -0.2) is 49.8 Å². The zero-order chi connectivity index (χ0) is 22.2. The predicted octanol–water partition coefficient (Wildman–Crippen LogP) is 1.43. The van der Waals surface area contributed by atoms with Gasteiger partial charge in [-0.2, -0.15) is 0 Å². The van der Waals surface area contributed by atoms with E-state index in [2.05, 4.69) is 10.6 Å². The Morgan fingerprint density at radius 2 is 1.10 bits per heavy atom. The topological polar surface area (TPSA) is 111 Å². The first kappa shape index (κ1) is 27.8. The molecule has 0 spiro atoms. The van der Waals surface area contributed by atoms with Crippen LogP contribution in [0, 0.1) is 0 Å². The van der Waals surface area contributed by atoms with Crippen molar-refractivity contribution in [3.05, 3.63) is 72.2 Å². The van der Waals surface area contributed by atoms with Crippen molar-refractivity contribution in [2.75, 3.05) is 26.3 Å². The van der Waals surface area contributed by atoms with Gasteiger partial charge in [-0.1, -0.05) is 24.3 Å². The van der Waals surface area contributed by atoms with Gasteiger partial charge in [-0.3, -0.25) is 19.2 Å². The zero-order valence-corrected chi connectivity index (χ0v) is 18.3. The molecule has 0 aromatic carbocycles. The molecule has 0 aromatic rings. The number of rotatable bonds is 8. The van der Waals surface area contributed by atoms with Gasteiger partial charge in [-0.25, -0.2) is 0 Å². The monoisotopic (exact) mass is 477 g/mol. The Labute approximate surface area is 192 Å². The van der Waals surface area contributed by atoms with Crippen molar-refractivity contribution >= 4 is 23.5 Å². The van der Waals surface area contributed by atoms with Crippen LogP contribution >= 0.6 is 0 Å². The fourth-order valence-electron chi connectivity index (χ4n) is 2.11. The van der Waals surface area contributed by atoms with Crippen molar-refractivity contribution in [3.8, 4) is 0 Å². The molecule has 1 radical (unpaired) electrons. The van der Waals surface area contributed by atoms with Gasteiger partial charge in [-0.05, 0) is 38.2 Å². The molecule has 2 aliphatic rings. The third kappa shape index (κ3) is 12.2. The number of ether oxygens (including phenoxy) is 2. The summed E-state index contributed by atoms with van der Waals surface area (Å²) in [6.45, 7) is 4.35. The summed E-state index contributed by atoms with van der Waals surface area (Å²) in [5, 5.41) is 5.46. The largest absolute Gasteiger partial charge is 0.465 e. The molecule has 0 aromatic heterocycles. The molecule has 0 saturated carbocycles. The van der Waals surface area contributed by atoms with E-state index in [0.717, 1.165) is 0 Å². The van der Waals surface area contributed by atoms with Gasteiger partial charge in [0.05, 0.1) is 13.2 Å². The molecule has 31 heavy (non-hydrogen) atoms. The average Bonchev–Trinajstić information content (AvgIpc) is 2.72. The Morgan fingerprint density at radius 1 is 0.742 bits per heavy atom. The minimum absolute atomic E-state index is 0. The molecule has 2 rings (SSSR count). The fourth-order valence-corrected chi connectivity index (χ4v) is 2.11. The van der Waals surface area contributed by atoms with E-state index in [0.29, 0.717) is 24.4 Å². The number of allylic oxidation sites excluding steroid dienone is 10. The van der Waals surface area contributed by atoms with Crippen LogP contribution in [-0.2, 0) is 45.7 Å². The first-order chi connectivity index (χ1) is 14.5. The maximum Gasteiger partial charge on any atom is 0.325 e. The molecule has 0 saturated heterocycles. The summed E-state index contributed by atoms with van der Waals surface area (Å²) in [5.74, 6) is -0.822. The minimum Gasteiger partial charge on any atom is -0.465 e. The van der Waals surface area contributed by atoms with Crippen LogP contribution in [0.2, 0.25) is 0 Å². The number of hydrogen-bond acceptors (Lipinski definition) is 8. The molecule has 0 aliphatic heterocycles. The summed E-state index contributed by atoms with van der Waals surface area (Å²) in [5.41, 5.74) is 1.06. The maximum absolute atomic E-state index is 11.2. The Kier molecular flexibility index (Phi) is 14.9. The molecule has 171 valence electrons. The van der Waals surface area contributed by atoms with Crippen LogP contribution in [0.4, 0.5) is 0 Å². The van der Waals surface area contributed by atoms with Crippen LogP contribution in [0.25, 0.3) is 0 Å². The standard InChI is InChI=1S/2C11H13NO3.Cu/c2*1-2-15-11(14)8-12-7-9-5-3-4-6-10(9)13;/h2*3-7,12H,2,8H2,1H3;. The molecule has 8 nitrogen and oxygen atoms in total. The molecule has 0 bridgehead atoms. The average molecular weight is 478 g/mol. The van der Waals surface area contributed by atoms with Crippen molar-refractivity contribution in [1.29, 1.82) is 0 Å². The van der Waals surface area contributed by atoms with Crippen molar-refractivity contribution in [2.24, 2.45) is 0 Å².